The van der Waals surface area contributed by atoms with Gasteiger partial charge in [0.2, 0.25) is 11.0 Å². The smallest absolute Gasteiger partial charge is 0.330 e. The molecule has 0 saturated carbocycles. The van der Waals surface area contributed by atoms with Crippen LogP contribution in [0.5, 0.6) is 0 Å². The topological polar surface area (TPSA) is 122 Å². The van der Waals surface area contributed by atoms with E-state index in [1.54, 1.807) is 36.4 Å². The van der Waals surface area contributed by atoms with Crippen LogP contribution in [0.25, 0.3) is 21.8 Å². The van der Waals surface area contributed by atoms with Crippen LogP contribution < -0.4 is 8.87 Å². The van der Waals surface area contributed by atoms with E-state index in [9.17, 15) is 27.6 Å². The number of hydrogen-bond donors (Lipinski definition) is 0. The van der Waals surface area contributed by atoms with Crippen molar-refractivity contribution in [1.29, 1.82) is 0 Å². The molecule has 0 bridgehead atoms. The van der Waals surface area contributed by atoms with Crippen LogP contribution in [0.2, 0.25) is 0 Å². The van der Waals surface area contributed by atoms with Crippen LogP contribution in [0.1, 0.15) is 40.7 Å². The van der Waals surface area contributed by atoms with Gasteiger partial charge in [-0.15, -0.1) is 5.06 Å². The maximum Gasteiger partial charge on any atom is 0.333 e. The number of aryl methyl sites for hydroxylation is 3. The molecule has 5 aromatic rings. The van der Waals surface area contributed by atoms with Crippen molar-refractivity contribution >= 4 is 61.2 Å². The van der Waals surface area contributed by atoms with Crippen molar-refractivity contribution in [2.75, 3.05) is 4.31 Å². The number of hydroxylamine groups is 2. The molecule has 6 rings (SSSR count). The van der Waals surface area contributed by atoms with Crippen LogP contribution >= 0.6 is 0 Å². The van der Waals surface area contributed by atoms with E-state index in [-0.39, 0.29) is 41.8 Å². The van der Waals surface area contributed by atoms with Gasteiger partial charge in [0, 0.05) is 25.0 Å². The Morgan fingerprint density at radius 3 is 1.91 bits per heavy atom. The normalized spacial score (nSPS) is 13.4. The molecule has 232 valence electrons. The van der Waals surface area contributed by atoms with Gasteiger partial charge in [-0.3, -0.25) is 14.4 Å². The monoisotopic (exact) mass is 636 g/mol. The van der Waals surface area contributed by atoms with E-state index in [1.165, 1.54) is 24.3 Å². The molecule has 1 aliphatic heterocycles. The lowest BCUT2D eigenvalue weighted by Crippen LogP contribution is -2.39. The number of para-hydroxylation sites is 2. The molecule has 0 aliphatic carbocycles. The second kappa shape index (κ2) is 12.2. The lowest BCUT2D eigenvalue weighted by Gasteiger charge is -2.24. The number of pyridine rings is 1. The van der Waals surface area contributed by atoms with Crippen LogP contribution in [0.4, 0.5) is 5.69 Å². The molecule has 1 aliphatic rings. The standard InChI is InChI=1S/C35H30N3O7S/c1-23-11-18-26(19-12-23)46(43,44)38(25-16-13-24(14-17-25)15-22-33(41)45-37-31(39)20-21-32(37)40)35(42)34-27-7-3-5-9-29(27)36(2)30-10-6-4-8-28(30)34/h3-14,16-19H,15,20-22H2,1-2H3/q+1. The minimum atomic E-state index is -4.39. The fourth-order valence-electron chi connectivity index (χ4n) is 5.59. The lowest BCUT2D eigenvalue weighted by molar-refractivity contribution is -0.617. The Kier molecular flexibility index (Phi) is 8.09. The quantitative estimate of drug-likeness (QED) is 0.138. The van der Waals surface area contributed by atoms with Gasteiger partial charge in [-0.2, -0.15) is 8.87 Å². The number of imide groups is 1. The number of carbonyl (C=O) groups is 4. The highest BCUT2D eigenvalue weighted by atomic mass is 32.2. The molecule has 10 nitrogen and oxygen atoms in total. The third-order valence-corrected chi connectivity index (χ3v) is 9.74. The van der Waals surface area contributed by atoms with Crippen LogP contribution in [0, 0.1) is 6.92 Å². The molecule has 1 fully saturated rings. The SMILES string of the molecule is Cc1ccc(S(=O)(=O)N(C(=O)c2c3ccccc3[n+](C)c3ccccc23)c2ccc(CCC(=O)ON3C(=O)CCC3=O)cc2)cc1. The Morgan fingerprint density at radius 2 is 1.35 bits per heavy atom. The molecule has 11 heteroatoms. The third-order valence-electron chi connectivity index (χ3n) is 8.01. The van der Waals surface area contributed by atoms with Crippen LogP contribution in [-0.4, -0.2) is 37.2 Å². The molecular formula is C35H30N3O7S+. The first-order valence-electron chi connectivity index (χ1n) is 14.7. The largest absolute Gasteiger partial charge is 0.333 e. The number of rotatable bonds is 8. The Balaban J connectivity index is 1.39. The van der Waals surface area contributed by atoms with Gasteiger partial charge in [-0.25, -0.2) is 13.2 Å². The van der Waals surface area contributed by atoms with Gasteiger partial charge in [0.15, 0.2) is 0 Å². The first-order chi connectivity index (χ1) is 22.1. The van der Waals surface area contributed by atoms with Crippen molar-refractivity contribution in [3.8, 4) is 0 Å². The number of benzene rings is 4. The number of carbonyl (C=O) groups excluding carboxylic acids is 4. The highest BCUT2D eigenvalue weighted by molar-refractivity contribution is 7.93. The van der Waals surface area contributed by atoms with Gasteiger partial charge in [-0.1, -0.05) is 54.1 Å². The van der Waals surface area contributed by atoms with E-state index in [2.05, 4.69) is 0 Å². The van der Waals surface area contributed by atoms with E-state index in [4.69, 9.17) is 4.84 Å². The fourth-order valence-corrected chi connectivity index (χ4v) is 6.99. The van der Waals surface area contributed by atoms with Gasteiger partial charge >= 0.3 is 5.97 Å². The number of anilines is 1. The van der Waals surface area contributed by atoms with Gasteiger partial charge in [0.05, 0.1) is 33.3 Å². The molecule has 1 saturated heterocycles. The van der Waals surface area contributed by atoms with Crippen molar-refractivity contribution in [2.24, 2.45) is 7.05 Å². The number of fused-ring (bicyclic) bond motifs is 2. The molecule has 3 amide bonds. The average molecular weight is 637 g/mol. The number of hydrogen-bond acceptors (Lipinski definition) is 7. The second-order valence-corrected chi connectivity index (χ2v) is 12.9. The highest BCUT2D eigenvalue weighted by Gasteiger charge is 2.36. The Hall–Kier alpha value is -5.42. The number of amides is 3. The minimum absolute atomic E-state index is 0.00129. The molecule has 0 spiro atoms. The summed E-state index contributed by atoms with van der Waals surface area (Å²) >= 11 is 0. The van der Waals surface area contributed by atoms with E-state index in [1.807, 2.05) is 54.9 Å². The molecule has 0 atom stereocenters. The zero-order chi connectivity index (χ0) is 32.6. The predicted molar refractivity (Wildman–Crippen MR) is 170 cm³/mol. The Labute approximate surface area is 265 Å². The highest BCUT2D eigenvalue weighted by Crippen LogP contribution is 2.32. The summed E-state index contributed by atoms with van der Waals surface area (Å²) in [5.41, 5.74) is 3.41. The van der Waals surface area contributed by atoms with Crippen LogP contribution in [0.3, 0.4) is 0 Å². The fraction of sp³-hybridized carbons (Fsp3) is 0.171. The first-order valence-corrected chi connectivity index (χ1v) is 16.1. The van der Waals surface area contributed by atoms with Gasteiger partial charge in [0.25, 0.3) is 27.7 Å². The molecule has 2 heterocycles. The summed E-state index contributed by atoms with van der Waals surface area (Å²) in [6.07, 6.45) is 0.0702. The molecule has 0 radical (unpaired) electrons. The summed E-state index contributed by atoms with van der Waals surface area (Å²) in [6.45, 7) is 1.84. The van der Waals surface area contributed by atoms with E-state index in [0.717, 1.165) is 20.9 Å². The molecule has 4 aromatic carbocycles. The van der Waals surface area contributed by atoms with E-state index < -0.39 is 33.7 Å². The zero-order valence-electron chi connectivity index (χ0n) is 25.2. The summed E-state index contributed by atoms with van der Waals surface area (Å²) in [7, 11) is -2.50. The van der Waals surface area contributed by atoms with Crippen LogP contribution in [0.15, 0.2) is 102 Å². The summed E-state index contributed by atoms with van der Waals surface area (Å²) in [6, 6.07) is 27.3. The van der Waals surface area contributed by atoms with Crippen molar-refractivity contribution in [1.82, 2.24) is 5.06 Å². The Morgan fingerprint density at radius 1 is 0.804 bits per heavy atom. The average Bonchev–Trinajstić information content (AvgIpc) is 3.37. The Bertz CT molecular complexity index is 2070. The van der Waals surface area contributed by atoms with E-state index >= 15 is 0 Å². The van der Waals surface area contributed by atoms with Gasteiger partial charge in [0.1, 0.15) is 7.05 Å². The number of nitrogens with zero attached hydrogens (tertiary/aromatic N) is 3. The number of aromatic nitrogens is 1. The second-order valence-electron chi connectivity index (χ2n) is 11.1. The zero-order valence-corrected chi connectivity index (χ0v) is 26.0. The minimum Gasteiger partial charge on any atom is -0.330 e. The molecular weight excluding hydrogens is 606 g/mol. The summed E-state index contributed by atoms with van der Waals surface area (Å²) in [4.78, 5) is 55.5. The predicted octanol–water partition coefficient (Wildman–Crippen LogP) is 4.70. The summed E-state index contributed by atoms with van der Waals surface area (Å²) < 4.78 is 31.4. The van der Waals surface area contributed by atoms with E-state index in [0.29, 0.717) is 21.4 Å². The summed E-state index contributed by atoms with van der Waals surface area (Å²) in [5.74, 6) is -2.59. The number of sulfonamides is 1. The van der Waals surface area contributed by atoms with Gasteiger partial charge < -0.3 is 4.84 Å². The molecule has 0 N–H and O–H groups in total. The van der Waals surface area contributed by atoms with Gasteiger partial charge in [-0.05, 0) is 55.3 Å². The maximum atomic E-state index is 14.7. The van der Waals surface area contributed by atoms with Crippen LogP contribution in [-0.2, 0) is 42.7 Å². The van der Waals surface area contributed by atoms with Crippen molar-refractivity contribution in [3.05, 3.63) is 114 Å². The first kappa shape index (κ1) is 30.6. The van der Waals surface area contributed by atoms with Crippen molar-refractivity contribution in [3.63, 3.8) is 0 Å². The lowest BCUT2D eigenvalue weighted by atomic mass is 10.0. The molecule has 0 unspecified atom stereocenters. The van der Waals surface area contributed by atoms with Crippen molar-refractivity contribution in [2.45, 2.75) is 37.5 Å². The molecule has 1 aromatic heterocycles. The van der Waals surface area contributed by atoms with Crippen molar-refractivity contribution < 1.29 is 37.0 Å². The molecule has 46 heavy (non-hydrogen) atoms. The maximum absolute atomic E-state index is 14.7. The third kappa shape index (κ3) is 5.61. The summed E-state index contributed by atoms with van der Waals surface area (Å²) in [5, 5.41) is 1.70.